The van der Waals surface area contributed by atoms with E-state index in [9.17, 15) is 0 Å². The van der Waals surface area contributed by atoms with E-state index in [-0.39, 0.29) is 6.29 Å². The molecular weight excluding hydrogens is 228 g/mol. The van der Waals surface area contributed by atoms with Crippen LogP contribution in [0.15, 0.2) is 30.3 Å². The quantitative estimate of drug-likeness (QED) is 0.819. The van der Waals surface area contributed by atoms with Gasteiger partial charge in [-0.1, -0.05) is 30.3 Å². The Morgan fingerprint density at radius 1 is 1.11 bits per heavy atom. The van der Waals surface area contributed by atoms with Crippen LogP contribution in [0.5, 0.6) is 0 Å². The van der Waals surface area contributed by atoms with Gasteiger partial charge in [0.25, 0.3) is 0 Å². The molecule has 3 heteroatoms. The smallest absolute Gasteiger partial charge is 0.163 e. The predicted octanol–water partition coefficient (Wildman–Crippen LogP) is 2.35. The van der Waals surface area contributed by atoms with Crippen LogP contribution in [0.2, 0.25) is 0 Å². The second kappa shape index (κ2) is 4.34. The van der Waals surface area contributed by atoms with Gasteiger partial charge in [0.2, 0.25) is 0 Å². The van der Waals surface area contributed by atoms with Crippen LogP contribution in [0.4, 0.5) is 0 Å². The zero-order chi connectivity index (χ0) is 11.9. The minimum Gasteiger partial charge on any atom is -0.374 e. The van der Waals surface area contributed by atoms with Crippen molar-refractivity contribution in [2.75, 3.05) is 6.61 Å². The average Bonchev–Trinajstić information content (AvgIpc) is 3.11. The average molecular weight is 246 g/mol. The van der Waals surface area contributed by atoms with Crippen molar-refractivity contribution < 1.29 is 14.2 Å². The molecule has 3 aliphatic heterocycles. The summed E-state index contributed by atoms with van der Waals surface area (Å²) in [6, 6.07) is 10.3. The summed E-state index contributed by atoms with van der Waals surface area (Å²) in [5.41, 5.74) is 1.20. The third kappa shape index (κ3) is 1.69. The van der Waals surface area contributed by atoms with Crippen molar-refractivity contribution in [2.45, 2.75) is 37.9 Å². The summed E-state index contributed by atoms with van der Waals surface area (Å²) in [5.74, 6) is 1.04. The highest BCUT2D eigenvalue weighted by atomic mass is 16.7. The molecule has 3 fully saturated rings. The van der Waals surface area contributed by atoms with Gasteiger partial charge in [-0.2, -0.15) is 0 Å². The van der Waals surface area contributed by atoms with Crippen LogP contribution in [-0.4, -0.2) is 25.1 Å². The summed E-state index contributed by atoms with van der Waals surface area (Å²) in [6.45, 7) is 1.44. The first-order valence-corrected chi connectivity index (χ1v) is 6.84. The Hall–Kier alpha value is -0.900. The standard InChI is InChI=1S/C15H18O3/c1-2-4-10(5-3-1)8-16-15-14-11(9-17-15)12-6-7-13(14)18-12/h1-5,11-15H,6-9H2/t11-,12?,13?,14?,15-/m1/s1. The molecule has 0 aromatic heterocycles. The van der Waals surface area contributed by atoms with Crippen molar-refractivity contribution in [1.29, 1.82) is 0 Å². The van der Waals surface area contributed by atoms with Crippen molar-refractivity contribution in [3.8, 4) is 0 Å². The minimum atomic E-state index is -0.0643. The fourth-order valence-electron chi connectivity index (χ4n) is 3.64. The molecule has 1 aromatic carbocycles. The lowest BCUT2D eigenvalue weighted by molar-refractivity contribution is -0.153. The number of benzene rings is 1. The zero-order valence-electron chi connectivity index (χ0n) is 10.3. The van der Waals surface area contributed by atoms with Gasteiger partial charge < -0.3 is 14.2 Å². The van der Waals surface area contributed by atoms with Crippen LogP contribution in [0.1, 0.15) is 18.4 Å². The molecule has 2 bridgehead atoms. The monoisotopic (exact) mass is 246 g/mol. The molecule has 0 N–H and O–H groups in total. The van der Waals surface area contributed by atoms with Crippen LogP contribution in [0.3, 0.4) is 0 Å². The van der Waals surface area contributed by atoms with Gasteiger partial charge in [-0.15, -0.1) is 0 Å². The largest absolute Gasteiger partial charge is 0.374 e. The Kier molecular flexibility index (Phi) is 2.64. The lowest BCUT2D eigenvalue weighted by Crippen LogP contribution is -2.32. The van der Waals surface area contributed by atoms with Gasteiger partial charge in [0.1, 0.15) is 0 Å². The maximum Gasteiger partial charge on any atom is 0.163 e. The molecule has 3 aliphatic rings. The van der Waals surface area contributed by atoms with Gasteiger partial charge in [-0.05, 0) is 18.4 Å². The molecular formula is C15H18O3. The van der Waals surface area contributed by atoms with E-state index in [1.54, 1.807) is 0 Å². The van der Waals surface area contributed by atoms with E-state index in [4.69, 9.17) is 14.2 Å². The highest BCUT2D eigenvalue weighted by Gasteiger charge is 2.56. The molecule has 3 heterocycles. The van der Waals surface area contributed by atoms with Crippen molar-refractivity contribution in [2.24, 2.45) is 11.8 Å². The van der Waals surface area contributed by atoms with Crippen LogP contribution in [-0.2, 0) is 20.8 Å². The van der Waals surface area contributed by atoms with Crippen molar-refractivity contribution in [1.82, 2.24) is 0 Å². The van der Waals surface area contributed by atoms with E-state index < -0.39 is 0 Å². The van der Waals surface area contributed by atoms with Gasteiger partial charge in [-0.25, -0.2) is 0 Å². The van der Waals surface area contributed by atoms with E-state index >= 15 is 0 Å². The molecule has 3 nitrogen and oxygen atoms in total. The molecule has 96 valence electrons. The Bertz CT molecular complexity index is 419. The van der Waals surface area contributed by atoms with Crippen LogP contribution >= 0.6 is 0 Å². The number of fused-ring (bicyclic) bond motifs is 5. The van der Waals surface area contributed by atoms with Crippen molar-refractivity contribution in [3.05, 3.63) is 35.9 Å². The Balaban J connectivity index is 1.41. The van der Waals surface area contributed by atoms with E-state index in [0.29, 0.717) is 30.7 Å². The van der Waals surface area contributed by atoms with Crippen LogP contribution in [0.25, 0.3) is 0 Å². The van der Waals surface area contributed by atoms with E-state index in [2.05, 4.69) is 12.1 Å². The molecule has 0 aliphatic carbocycles. The van der Waals surface area contributed by atoms with E-state index in [1.165, 1.54) is 18.4 Å². The number of rotatable bonds is 3. The van der Waals surface area contributed by atoms with Gasteiger partial charge in [0, 0.05) is 11.8 Å². The summed E-state index contributed by atoms with van der Waals surface area (Å²) >= 11 is 0. The summed E-state index contributed by atoms with van der Waals surface area (Å²) < 4.78 is 17.7. The van der Waals surface area contributed by atoms with Crippen LogP contribution in [0, 0.1) is 11.8 Å². The first-order valence-electron chi connectivity index (χ1n) is 6.84. The molecule has 3 unspecified atom stereocenters. The lowest BCUT2D eigenvalue weighted by Gasteiger charge is -2.23. The van der Waals surface area contributed by atoms with E-state index in [1.807, 2.05) is 18.2 Å². The minimum absolute atomic E-state index is 0.0643. The van der Waals surface area contributed by atoms with Crippen molar-refractivity contribution >= 4 is 0 Å². The maximum absolute atomic E-state index is 5.96. The third-order valence-electron chi connectivity index (χ3n) is 4.51. The molecule has 4 rings (SSSR count). The molecule has 0 radical (unpaired) electrons. The predicted molar refractivity (Wildman–Crippen MR) is 65.8 cm³/mol. The molecule has 3 saturated heterocycles. The SMILES string of the molecule is c1ccc(CO[C@@H]2OC[C@@H]3C4CCC(O4)C23)cc1. The van der Waals surface area contributed by atoms with Gasteiger partial charge >= 0.3 is 0 Å². The lowest BCUT2D eigenvalue weighted by atomic mass is 9.81. The van der Waals surface area contributed by atoms with Crippen molar-refractivity contribution in [3.63, 3.8) is 0 Å². The third-order valence-corrected chi connectivity index (χ3v) is 4.51. The zero-order valence-corrected chi connectivity index (χ0v) is 10.3. The topological polar surface area (TPSA) is 27.7 Å². The van der Waals surface area contributed by atoms with Gasteiger partial charge in [0.15, 0.2) is 6.29 Å². The number of ether oxygens (including phenoxy) is 3. The molecule has 1 aromatic rings. The summed E-state index contributed by atoms with van der Waals surface area (Å²) in [5, 5.41) is 0. The second-order valence-electron chi connectivity index (χ2n) is 5.53. The molecule has 0 spiro atoms. The fourth-order valence-corrected chi connectivity index (χ4v) is 3.64. The summed E-state index contributed by atoms with van der Waals surface area (Å²) in [4.78, 5) is 0. The first kappa shape index (κ1) is 11.0. The highest BCUT2D eigenvalue weighted by Crippen LogP contribution is 2.49. The summed E-state index contributed by atoms with van der Waals surface area (Å²) in [6.07, 6.45) is 3.14. The molecule has 0 amide bonds. The molecule has 0 saturated carbocycles. The Morgan fingerprint density at radius 3 is 2.83 bits per heavy atom. The van der Waals surface area contributed by atoms with Crippen LogP contribution < -0.4 is 0 Å². The number of hydrogen-bond donors (Lipinski definition) is 0. The first-order chi connectivity index (χ1) is 8.92. The molecule has 18 heavy (non-hydrogen) atoms. The van der Waals surface area contributed by atoms with Gasteiger partial charge in [-0.3, -0.25) is 0 Å². The van der Waals surface area contributed by atoms with E-state index in [0.717, 1.165) is 6.61 Å². The maximum atomic E-state index is 5.96. The summed E-state index contributed by atoms with van der Waals surface area (Å²) in [7, 11) is 0. The number of hydrogen-bond acceptors (Lipinski definition) is 3. The Morgan fingerprint density at radius 2 is 1.94 bits per heavy atom. The second-order valence-corrected chi connectivity index (χ2v) is 5.53. The fraction of sp³-hybridized carbons (Fsp3) is 0.600. The normalized spacial score (nSPS) is 41.2. The Labute approximate surface area is 107 Å². The highest BCUT2D eigenvalue weighted by molar-refractivity contribution is 5.13. The van der Waals surface area contributed by atoms with Gasteiger partial charge in [0.05, 0.1) is 25.4 Å². The molecule has 5 atom stereocenters.